The standard InChI is InChI=1S/C22H27N3O2/c23-20(22(27)25-12-3-4-13-25)16-10-11-17(14-16)24-21(26)19-9-5-7-15-6-1-2-8-18(15)19/h1-2,5-9,16-17,20H,3-4,10-14,23H2,(H,24,26)/t16-,17+,20-/m0/s1. The molecule has 27 heavy (non-hydrogen) atoms. The predicted molar refractivity (Wildman–Crippen MR) is 106 cm³/mol. The molecule has 2 amide bonds. The summed E-state index contributed by atoms with van der Waals surface area (Å²) in [5.74, 6) is 0.186. The van der Waals surface area contributed by atoms with E-state index in [2.05, 4.69) is 5.32 Å². The van der Waals surface area contributed by atoms with E-state index in [1.54, 1.807) is 0 Å². The van der Waals surface area contributed by atoms with Crippen LogP contribution in [0.1, 0.15) is 42.5 Å². The molecule has 0 unspecified atom stereocenters. The summed E-state index contributed by atoms with van der Waals surface area (Å²) in [5.41, 5.74) is 6.98. The SMILES string of the molecule is N[C@H](C(=O)N1CCCC1)[C@H]1CC[C@@H](NC(=O)c2cccc3ccccc23)C1. The fourth-order valence-electron chi connectivity index (χ4n) is 4.51. The number of nitrogens with zero attached hydrogens (tertiary/aromatic N) is 1. The molecule has 1 aliphatic heterocycles. The second-order valence-corrected chi connectivity index (χ2v) is 7.83. The molecular weight excluding hydrogens is 338 g/mol. The van der Waals surface area contributed by atoms with Crippen LogP contribution in [0.5, 0.6) is 0 Å². The third-order valence-electron chi connectivity index (χ3n) is 6.05. The quantitative estimate of drug-likeness (QED) is 0.875. The van der Waals surface area contributed by atoms with Gasteiger partial charge in [0.2, 0.25) is 5.91 Å². The van der Waals surface area contributed by atoms with Crippen molar-refractivity contribution in [3.8, 4) is 0 Å². The second-order valence-electron chi connectivity index (χ2n) is 7.83. The molecule has 0 bridgehead atoms. The summed E-state index contributed by atoms with van der Waals surface area (Å²) in [4.78, 5) is 27.3. The Balaban J connectivity index is 1.39. The molecule has 5 nitrogen and oxygen atoms in total. The molecule has 2 aliphatic rings. The molecule has 142 valence electrons. The predicted octanol–water partition coefficient (Wildman–Crippen LogP) is 2.69. The minimum Gasteiger partial charge on any atom is -0.349 e. The van der Waals surface area contributed by atoms with Gasteiger partial charge in [-0.2, -0.15) is 0 Å². The zero-order chi connectivity index (χ0) is 18.8. The van der Waals surface area contributed by atoms with Gasteiger partial charge in [0.1, 0.15) is 0 Å². The van der Waals surface area contributed by atoms with Crippen molar-refractivity contribution in [2.45, 2.75) is 44.2 Å². The number of nitrogens with one attached hydrogen (secondary N) is 1. The van der Waals surface area contributed by atoms with Gasteiger partial charge in [-0.15, -0.1) is 0 Å². The molecule has 2 fully saturated rings. The lowest BCUT2D eigenvalue weighted by molar-refractivity contribution is -0.132. The summed E-state index contributed by atoms with van der Waals surface area (Å²) in [6.45, 7) is 1.67. The third kappa shape index (κ3) is 3.69. The summed E-state index contributed by atoms with van der Waals surface area (Å²) >= 11 is 0. The van der Waals surface area contributed by atoms with Gasteiger partial charge in [-0.1, -0.05) is 36.4 Å². The van der Waals surface area contributed by atoms with E-state index in [4.69, 9.17) is 5.73 Å². The van der Waals surface area contributed by atoms with Crippen LogP contribution in [0.4, 0.5) is 0 Å². The minimum atomic E-state index is -0.442. The number of nitrogens with two attached hydrogens (primary N) is 1. The van der Waals surface area contributed by atoms with Crippen molar-refractivity contribution in [1.82, 2.24) is 10.2 Å². The average Bonchev–Trinajstić information content (AvgIpc) is 3.38. The van der Waals surface area contributed by atoms with Gasteiger partial charge in [0.05, 0.1) is 6.04 Å². The Morgan fingerprint density at radius 2 is 1.78 bits per heavy atom. The van der Waals surface area contributed by atoms with Gasteiger partial charge in [0.25, 0.3) is 5.91 Å². The van der Waals surface area contributed by atoms with Crippen molar-refractivity contribution in [3.63, 3.8) is 0 Å². The first-order chi connectivity index (χ1) is 13.1. The Bertz CT molecular complexity index is 839. The Morgan fingerprint density at radius 1 is 1.04 bits per heavy atom. The highest BCUT2D eigenvalue weighted by atomic mass is 16.2. The van der Waals surface area contributed by atoms with Crippen LogP contribution in [-0.4, -0.2) is 41.9 Å². The van der Waals surface area contributed by atoms with Crippen molar-refractivity contribution in [2.24, 2.45) is 11.7 Å². The van der Waals surface area contributed by atoms with Crippen molar-refractivity contribution in [2.75, 3.05) is 13.1 Å². The maximum atomic E-state index is 12.8. The number of benzene rings is 2. The van der Waals surface area contributed by atoms with Crippen molar-refractivity contribution < 1.29 is 9.59 Å². The Kier molecular flexibility index (Phi) is 5.12. The van der Waals surface area contributed by atoms with Crippen LogP contribution in [-0.2, 0) is 4.79 Å². The number of hydrogen-bond acceptors (Lipinski definition) is 3. The fourth-order valence-corrected chi connectivity index (χ4v) is 4.51. The number of carbonyl (C=O) groups excluding carboxylic acids is 2. The van der Waals surface area contributed by atoms with Gasteiger partial charge in [0.15, 0.2) is 0 Å². The van der Waals surface area contributed by atoms with Gasteiger partial charge in [-0.25, -0.2) is 0 Å². The van der Waals surface area contributed by atoms with Crippen LogP contribution < -0.4 is 11.1 Å². The highest BCUT2D eigenvalue weighted by Gasteiger charge is 2.35. The average molecular weight is 365 g/mol. The highest BCUT2D eigenvalue weighted by molar-refractivity contribution is 6.07. The fraction of sp³-hybridized carbons (Fsp3) is 0.455. The monoisotopic (exact) mass is 365 g/mol. The first-order valence-corrected chi connectivity index (χ1v) is 9.96. The van der Waals surface area contributed by atoms with E-state index in [9.17, 15) is 9.59 Å². The number of hydrogen-bond donors (Lipinski definition) is 2. The van der Waals surface area contributed by atoms with Gasteiger partial charge in [-0.3, -0.25) is 9.59 Å². The third-order valence-corrected chi connectivity index (χ3v) is 6.05. The molecule has 0 aromatic heterocycles. The van der Waals surface area contributed by atoms with Crippen LogP contribution in [0.3, 0.4) is 0 Å². The smallest absolute Gasteiger partial charge is 0.252 e. The van der Waals surface area contributed by atoms with Crippen LogP contribution in [0.2, 0.25) is 0 Å². The summed E-state index contributed by atoms with van der Waals surface area (Å²) in [5, 5.41) is 5.19. The number of carbonyl (C=O) groups is 2. The molecule has 0 spiro atoms. The summed E-state index contributed by atoms with van der Waals surface area (Å²) in [6, 6.07) is 13.4. The van der Waals surface area contributed by atoms with E-state index in [0.717, 1.165) is 56.0 Å². The second kappa shape index (κ2) is 7.69. The Labute approximate surface area is 159 Å². The zero-order valence-electron chi connectivity index (χ0n) is 15.6. The molecule has 3 atom stereocenters. The summed E-state index contributed by atoms with van der Waals surface area (Å²) < 4.78 is 0. The largest absolute Gasteiger partial charge is 0.349 e. The molecule has 5 heteroatoms. The van der Waals surface area contributed by atoms with E-state index in [0.29, 0.717) is 5.56 Å². The van der Waals surface area contributed by atoms with Gasteiger partial charge < -0.3 is 16.0 Å². The number of fused-ring (bicyclic) bond motifs is 1. The molecule has 0 radical (unpaired) electrons. The minimum absolute atomic E-state index is 0.0445. The van der Waals surface area contributed by atoms with E-state index in [1.807, 2.05) is 47.4 Å². The van der Waals surface area contributed by atoms with Crippen LogP contribution in [0.15, 0.2) is 42.5 Å². The molecule has 4 rings (SSSR count). The molecule has 2 aromatic carbocycles. The first-order valence-electron chi connectivity index (χ1n) is 9.96. The lowest BCUT2D eigenvalue weighted by Gasteiger charge is -2.24. The summed E-state index contributed by atoms with van der Waals surface area (Å²) in [6.07, 6.45) is 4.69. The van der Waals surface area contributed by atoms with Crippen LogP contribution >= 0.6 is 0 Å². The molecule has 1 saturated heterocycles. The lowest BCUT2D eigenvalue weighted by atomic mass is 9.97. The van der Waals surface area contributed by atoms with Crippen molar-refractivity contribution in [3.05, 3.63) is 48.0 Å². The molecule has 1 saturated carbocycles. The molecular formula is C22H27N3O2. The van der Waals surface area contributed by atoms with Crippen molar-refractivity contribution >= 4 is 22.6 Å². The van der Waals surface area contributed by atoms with Crippen molar-refractivity contribution in [1.29, 1.82) is 0 Å². The zero-order valence-corrected chi connectivity index (χ0v) is 15.6. The van der Waals surface area contributed by atoms with Gasteiger partial charge in [0, 0.05) is 24.7 Å². The topological polar surface area (TPSA) is 75.4 Å². The molecule has 1 aliphatic carbocycles. The van der Waals surface area contributed by atoms with Crippen LogP contribution in [0.25, 0.3) is 10.8 Å². The number of likely N-dealkylation sites (tertiary alicyclic amines) is 1. The maximum absolute atomic E-state index is 12.8. The Hall–Kier alpha value is -2.40. The van der Waals surface area contributed by atoms with E-state index in [-0.39, 0.29) is 23.8 Å². The first kappa shape index (κ1) is 18.0. The van der Waals surface area contributed by atoms with E-state index in [1.165, 1.54) is 0 Å². The molecule has 3 N–H and O–H groups in total. The van der Waals surface area contributed by atoms with E-state index < -0.39 is 6.04 Å². The van der Waals surface area contributed by atoms with Crippen LogP contribution in [0, 0.1) is 5.92 Å². The number of amides is 2. The maximum Gasteiger partial charge on any atom is 0.252 e. The highest BCUT2D eigenvalue weighted by Crippen LogP contribution is 2.29. The normalized spacial score (nSPS) is 23.5. The van der Waals surface area contributed by atoms with Gasteiger partial charge >= 0.3 is 0 Å². The van der Waals surface area contributed by atoms with E-state index >= 15 is 0 Å². The molecule has 2 aromatic rings. The lowest BCUT2D eigenvalue weighted by Crippen LogP contribution is -2.46. The summed E-state index contributed by atoms with van der Waals surface area (Å²) in [7, 11) is 0. The molecule has 1 heterocycles. The number of rotatable bonds is 4. The Morgan fingerprint density at radius 3 is 2.59 bits per heavy atom. The van der Waals surface area contributed by atoms with Gasteiger partial charge in [-0.05, 0) is 54.9 Å².